The molecule has 1 N–H and O–H groups in total. The van der Waals surface area contributed by atoms with E-state index in [9.17, 15) is 9.59 Å². The molecular weight excluding hydrogens is 416 g/mol. The second kappa shape index (κ2) is 10.4. The number of hydrogen-bond donors (Lipinski definition) is 1. The lowest BCUT2D eigenvalue weighted by Gasteiger charge is -2.11. The average Bonchev–Trinajstić information content (AvgIpc) is 3.19. The molecule has 1 heterocycles. The van der Waals surface area contributed by atoms with Crippen molar-refractivity contribution in [3.8, 4) is 17.1 Å². The summed E-state index contributed by atoms with van der Waals surface area (Å²) in [4.78, 5) is 24.1. The van der Waals surface area contributed by atoms with Crippen LogP contribution in [0.3, 0.4) is 0 Å². The van der Waals surface area contributed by atoms with Crippen LogP contribution in [0.1, 0.15) is 10.4 Å². The molecular formula is C22H22N4O4S. The Hall–Kier alpha value is -3.59. The first-order chi connectivity index (χ1) is 15.1. The molecule has 0 atom stereocenters. The molecule has 0 fully saturated rings. The number of rotatable bonds is 9. The van der Waals surface area contributed by atoms with Crippen molar-refractivity contribution in [3.05, 3.63) is 66.7 Å². The summed E-state index contributed by atoms with van der Waals surface area (Å²) in [5.41, 5.74) is 1.67. The number of methoxy groups -OCH3 is 2. The lowest BCUT2D eigenvalue weighted by Crippen LogP contribution is -2.15. The number of carbonyl (C=O) groups excluding carboxylic acids is 2. The number of nitrogens with one attached hydrogen (secondary N) is 1. The number of allylic oxidation sites excluding steroid dienone is 1. The largest absolute Gasteiger partial charge is 0.496 e. The first-order valence-corrected chi connectivity index (χ1v) is 10.3. The molecule has 0 saturated heterocycles. The fourth-order valence-electron chi connectivity index (χ4n) is 2.89. The zero-order valence-electron chi connectivity index (χ0n) is 17.2. The minimum Gasteiger partial charge on any atom is -0.496 e. The van der Waals surface area contributed by atoms with Crippen LogP contribution in [0.4, 0.5) is 5.69 Å². The molecule has 31 heavy (non-hydrogen) atoms. The van der Waals surface area contributed by atoms with E-state index < -0.39 is 5.97 Å². The van der Waals surface area contributed by atoms with Crippen LogP contribution in [0, 0.1) is 0 Å². The number of nitrogens with zero attached hydrogens (tertiary/aromatic N) is 3. The lowest BCUT2D eigenvalue weighted by atomic mass is 10.2. The van der Waals surface area contributed by atoms with E-state index in [-0.39, 0.29) is 11.7 Å². The molecule has 0 radical (unpaired) electrons. The van der Waals surface area contributed by atoms with Crippen LogP contribution in [-0.2, 0) is 16.1 Å². The number of esters is 1. The Balaban J connectivity index is 1.73. The van der Waals surface area contributed by atoms with Gasteiger partial charge in [0, 0.05) is 12.2 Å². The Morgan fingerprint density at radius 3 is 2.71 bits per heavy atom. The standard InChI is InChI=1S/C22H22N4O4S/c1-4-12-26-20(17-10-5-6-11-18(17)29-2)24-25-22(26)31-14-19(27)23-16-9-7-8-15(13-16)21(28)30-3/h4-11,13H,1,12,14H2,2-3H3,(H,23,27). The van der Waals surface area contributed by atoms with Gasteiger partial charge in [0.25, 0.3) is 0 Å². The molecule has 8 nitrogen and oxygen atoms in total. The molecule has 0 spiro atoms. The van der Waals surface area contributed by atoms with Crippen molar-refractivity contribution in [2.45, 2.75) is 11.7 Å². The second-order valence-corrected chi connectivity index (χ2v) is 7.26. The molecule has 3 rings (SSSR count). The monoisotopic (exact) mass is 438 g/mol. The van der Waals surface area contributed by atoms with Gasteiger partial charge in [-0.25, -0.2) is 4.79 Å². The van der Waals surface area contributed by atoms with E-state index in [0.717, 1.165) is 5.56 Å². The number of aromatic nitrogens is 3. The summed E-state index contributed by atoms with van der Waals surface area (Å²) < 4.78 is 12.0. The van der Waals surface area contributed by atoms with E-state index in [0.29, 0.717) is 34.5 Å². The maximum atomic E-state index is 12.4. The second-order valence-electron chi connectivity index (χ2n) is 6.31. The van der Waals surface area contributed by atoms with Crippen molar-refractivity contribution in [1.82, 2.24) is 14.8 Å². The summed E-state index contributed by atoms with van der Waals surface area (Å²) in [7, 11) is 2.91. The van der Waals surface area contributed by atoms with Crippen LogP contribution in [0.2, 0.25) is 0 Å². The Kier molecular flexibility index (Phi) is 7.45. The molecule has 0 bridgehead atoms. The molecule has 0 unspecified atom stereocenters. The molecule has 160 valence electrons. The van der Waals surface area contributed by atoms with Gasteiger partial charge in [-0.2, -0.15) is 0 Å². The van der Waals surface area contributed by atoms with Gasteiger partial charge in [0.2, 0.25) is 5.91 Å². The van der Waals surface area contributed by atoms with Gasteiger partial charge in [0.15, 0.2) is 11.0 Å². The van der Waals surface area contributed by atoms with Gasteiger partial charge >= 0.3 is 5.97 Å². The first kappa shape index (κ1) is 22.1. The number of carbonyl (C=O) groups is 2. The number of anilines is 1. The average molecular weight is 439 g/mol. The first-order valence-electron chi connectivity index (χ1n) is 9.36. The van der Waals surface area contributed by atoms with Crippen LogP contribution in [0.5, 0.6) is 5.75 Å². The van der Waals surface area contributed by atoms with Crippen LogP contribution < -0.4 is 10.1 Å². The Morgan fingerprint density at radius 2 is 1.97 bits per heavy atom. The van der Waals surface area contributed by atoms with E-state index in [1.54, 1.807) is 37.5 Å². The van der Waals surface area contributed by atoms with Crippen molar-refractivity contribution in [1.29, 1.82) is 0 Å². The topological polar surface area (TPSA) is 95.3 Å². The quantitative estimate of drug-likeness (QED) is 0.309. The van der Waals surface area contributed by atoms with Crippen LogP contribution >= 0.6 is 11.8 Å². The van der Waals surface area contributed by atoms with E-state index >= 15 is 0 Å². The third-order valence-corrected chi connectivity index (χ3v) is 5.24. The summed E-state index contributed by atoms with van der Waals surface area (Å²) in [6, 6.07) is 14.1. The third kappa shape index (κ3) is 5.32. The minimum atomic E-state index is -0.466. The van der Waals surface area contributed by atoms with E-state index in [1.807, 2.05) is 28.8 Å². The third-order valence-electron chi connectivity index (χ3n) is 4.28. The molecule has 0 aliphatic rings. The highest BCUT2D eigenvalue weighted by atomic mass is 32.2. The number of thioether (sulfide) groups is 1. The summed E-state index contributed by atoms with van der Waals surface area (Å²) in [6.07, 6.45) is 1.74. The predicted molar refractivity (Wildman–Crippen MR) is 119 cm³/mol. The summed E-state index contributed by atoms with van der Waals surface area (Å²) >= 11 is 1.26. The van der Waals surface area contributed by atoms with Crippen molar-refractivity contribution in [2.75, 3.05) is 25.3 Å². The smallest absolute Gasteiger partial charge is 0.337 e. The van der Waals surface area contributed by atoms with E-state index in [1.165, 1.54) is 18.9 Å². The van der Waals surface area contributed by atoms with Crippen molar-refractivity contribution in [2.24, 2.45) is 0 Å². The molecule has 0 aliphatic heterocycles. The van der Waals surface area contributed by atoms with Gasteiger partial charge in [0.1, 0.15) is 5.75 Å². The highest BCUT2D eigenvalue weighted by molar-refractivity contribution is 7.99. The minimum absolute atomic E-state index is 0.115. The van der Waals surface area contributed by atoms with Crippen LogP contribution in [0.25, 0.3) is 11.4 Å². The number of benzene rings is 2. The van der Waals surface area contributed by atoms with Crippen molar-refractivity contribution >= 4 is 29.3 Å². The Morgan fingerprint density at radius 1 is 1.16 bits per heavy atom. The van der Waals surface area contributed by atoms with Crippen LogP contribution in [-0.4, -0.2) is 46.6 Å². The molecule has 9 heteroatoms. The van der Waals surface area contributed by atoms with Gasteiger partial charge in [-0.1, -0.05) is 36.0 Å². The summed E-state index contributed by atoms with van der Waals surface area (Å²) in [5.74, 6) is 0.723. The summed E-state index contributed by atoms with van der Waals surface area (Å²) in [5, 5.41) is 11.9. The van der Waals surface area contributed by atoms with Crippen molar-refractivity contribution in [3.63, 3.8) is 0 Å². The zero-order chi connectivity index (χ0) is 22.2. The Bertz CT molecular complexity index is 1100. The zero-order valence-corrected chi connectivity index (χ0v) is 18.0. The predicted octanol–water partition coefficient (Wildman–Crippen LogP) is 3.66. The maximum absolute atomic E-state index is 12.4. The van der Waals surface area contributed by atoms with Gasteiger partial charge in [-0.05, 0) is 30.3 Å². The number of para-hydroxylation sites is 1. The SMILES string of the molecule is C=CCn1c(SCC(=O)Nc2cccc(C(=O)OC)c2)nnc1-c1ccccc1OC. The number of hydrogen-bond acceptors (Lipinski definition) is 7. The molecule has 2 aromatic carbocycles. The van der Waals surface area contributed by atoms with E-state index in [4.69, 9.17) is 9.47 Å². The highest BCUT2D eigenvalue weighted by Gasteiger charge is 2.18. The maximum Gasteiger partial charge on any atom is 0.337 e. The molecule has 0 aliphatic carbocycles. The summed E-state index contributed by atoms with van der Waals surface area (Å²) in [6.45, 7) is 4.28. The number of amides is 1. The fourth-order valence-corrected chi connectivity index (χ4v) is 3.63. The fraction of sp³-hybridized carbons (Fsp3) is 0.182. The normalized spacial score (nSPS) is 10.4. The molecule has 1 aromatic heterocycles. The van der Waals surface area contributed by atoms with Crippen molar-refractivity contribution < 1.29 is 19.1 Å². The Labute approximate surface area is 184 Å². The lowest BCUT2D eigenvalue weighted by molar-refractivity contribution is -0.113. The number of ether oxygens (including phenoxy) is 2. The highest BCUT2D eigenvalue weighted by Crippen LogP contribution is 2.31. The van der Waals surface area contributed by atoms with Gasteiger partial charge in [-0.3, -0.25) is 9.36 Å². The van der Waals surface area contributed by atoms with Gasteiger partial charge < -0.3 is 14.8 Å². The van der Waals surface area contributed by atoms with Gasteiger partial charge in [0.05, 0.1) is 31.1 Å². The molecule has 1 amide bonds. The molecule has 3 aromatic rings. The van der Waals surface area contributed by atoms with Crippen LogP contribution in [0.15, 0.2) is 66.3 Å². The molecule has 0 saturated carbocycles. The van der Waals surface area contributed by atoms with Gasteiger partial charge in [-0.15, -0.1) is 16.8 Å². The van der Waals surface area contributed by atoms with E-state index in [2.05, 4.69) is 22.1 Å².